The topological polar surface area (TPSA) is 91.0 Å². The fourth-order valence-corrected chi connectivity index (χ4v) is 5.00. The van der Waals surface area contributed by atoms with Crippen molar-refractivity contribution in [2.24, 2.45) is 7.05 Å². The number of halogens is 3. The van der Waals surface area contributed by atoms with Gasteiger partial charge in [0.05, 0.1) is 26.1 Å². The second-order valence-electron chi connectivity index (χ2n) is 9.95. The van der Waals surface area contributed by atoms with Crippen molar-refractivity contribution in [2.75, 3.05) is 18.1 Å². The van der Waals surface area contributed by atoms with Crippen molar-refractivity contribution in [1.29, 1.82) is 0 Å². The van der Waals surface area contributed by atoms with E-state index in [1.54, 1.807) is 23.4 Å². The Balaban J connectivity index is 1.33. The number of hydrogen-bond acceptors (Lipinski definition) is 6. The van der Waals surface area contributed by atoms with Crippen molar-refractivity contribution in [1.82, 2.24) is 29.3 Å². The average Bonchev–Trinajstić information content (AvgIpc) is 3.54. The Morgan fingerprint density at radius 1 is 1.13 bits per heavy atom. The van der Waals surface area contributed by atoms with Crippen molar-refractivity contribution < 1.29 is 22.7 Å². The van der Waals surface area contributed by atoms with Gasteiger partial charge < -0.3 is 13.9 Å². The number of carbonyl (C=O) groups excluding carboxylic acids is 1. The number of anilines is 1. The normalized spacial score (nSPS) is 16.6. The van der Waals surface area contributed by atoms with E-state index in [1.165, 1.54) is 11.0 Å². The molecule has 0 atom stereocenters. The van der Waals surface area contributed by atoms with Gasteiger partial charge in [0.15, 0.2) is 0 Å². The van der Waals surface area contributed by atoms with E-state index in [1.807, 2.05) is 36.7 Å². The molecule has 1 aromatic carbocycles. The zero-order chi connectivity index (χ0) is 26.7. The maximum absolute atomic E-state index is 13.8. The largest absolute Gasteiger partial charge is 0.433 e. The summed E-state index contributed by atoms with van der Waals surface area (Å²) in [5.74, 6) is 0.388. The van der Waals surface area contributed by atoms with Crippen LogP contribution in [0.4, 0.5) is 19.0 Å². The minimum Gasteiger partial charge on any atom is -0.379 e. The first-order valence-electron chi connectivity index (χ1n) is 12.0. The van der Waals surface area contributed by atoms with Crippen molar-refractivity contribution in [3.63, 3.8) is 0 Å². The third kappa shape index (κ3) is 4.14. The average molecular weight is 524 g/mol. The maximum atomic E-state index is 13.8. The van der Waals surface area contributed by atoms with Gasteiger partial charge in [0.1, 0.15) is 23.7 Å². The Labute approximate surface area is 215 Å². The molecule has 5 heterocycles. The maximum Gasteiger partial charge on any atom is 0.433 e. The quantitative estimate of drug-likeness (QED) is 0.385. The lowest BCUT2D eigenvalue weighted by atomic mass is 9.75. The van der Waals surface area contributed by atoms with E-state index < -0.39 is 11.9 Å². The number of rotatable bonds is 6. The van der Waals surface area contributed by atoms with Crippen LogP contribution in [0.15, 0.2) is 49.2 Å². The Morgan fingerprint density at radius 3 is 2.58 bits per heavy atom. The van der Waals surface area contributed by atoms with Crippen LogP contribution in [-0.2, 0) is 42.9 Å². The van der Waals surface area contributed by atoms with E-state index in [0.29, 0.717) is 30.8 Å². The van der Waals surface area contributed by atoms with Crippen LogP contribution in [0.2, 0.25) is 0 Å². The van der Waals surface area contributed by atoms with Crippen LogP contribution in [0, 0.1) is 6.92 Å². The van der Waals surface area contributed by atoms with Crippen molar-refractivity contribution in [3.05, 3.63) is 88.6 Å². The van der Waals surface area contributed by atoms with Gasteiger partial charge in [-0.15, -0.1) is 10.2 Å². The van der Waals surface area contributed by atoms with Gasteiger partial charge in [0, 0.05) is 42.9 Å². The van der Waals surface area contributed by atoms with Crippen molar-refractivity contribution >= 4 is 11.7 Å². The van der Waals surface area contributed by atoms with E-state index in [9.17, 15) is 18.0 Å². The van der Waals surface area contributed by atoms with Gasteiger partial charge in [-0.1, -0.05) is 12.1 Å². The summed E-state index contributed by atoms with van der Waals surface area (Å²) in [4.78, 5) is 22.7. The van der Waals surface area contributed by atoms with Crippen LogP contribution in [0.5, 0.6) is 0 Å². The highest BCUT2D eigenvalue weighted by Crippen LogP contribution is 2.39. The smallest absolute Gasteiger partial charge is 0.379 e. The molecule has 3 aromatic heterocycles. The zero-order valence-corrected chi connectivity index (χ0v) is 20.7. The number of carbonyl (C=O) groups is 1. The Morgan fingerprint density at radius 2 is 1.95 bits per heavy atom. The molecule has 4 aromatic rings. The number of alkyl halides is 3. The van der Waals surface area contributed by atoms with Crippen LogP contribution >= 0.6 is 0 Å². The van der Waals surface area contributed by atoms with Crippen LogP contribution in [0.3, 0.4) is 0 Å². The number of amides is 1. The molecule has 0 radical (unpaired) electrons. The van der Waals surface area contributed by atoms with Crippen LogP contribution in [0.1, 0.15) is 44.3 Å². The molecule has 12 heteroatoms. The highest BCUT2D eigenvalue weighted by Gasteiger charge is 2.43. The lowest BCUT2D eigenvalue weighted by Gasteiger charge is -2.41. The summed E-state index contributed by atoms with van der Waals surface area (Å²) in [6.07, 6.45) is 0.759. The number of nitrogens with zero attached hydrogens (tertiary/aromatic N) is 7. The lowest BCUT2D eigenvalue weighted by molar-refractivity contribution is -0.141. The standard InChI is InChI=1S/C26H24F3N7O2/c1-16-9-30-14-35(16)10-17-5-21(26(27,28)29)32-22(6-17)36-11-18-3-4-19(7-20(18)24(36)37)25(12-38-13-25)8-23-33-31-15-34(23)2/h3-7,9,14-15H,8,10-13H2,1-2H3. The van der Waals surface area contributed by atoms with E-state index in [0.717, 1.165) is 28.7 Å². The molecule has 0 N–H and O–H groups in total. The number of aryl methyl sites for hydroxylation is 2. The molecule has 6 rings (SSSR count). The molecule has 196 valence electrons. The van der Waals surface area contributed by atoms with Crippen LogP contribution in [0.25, 0.3) is 0 Å². The minimum atomic E-state index is -4.66. The Bertz CT molecular complexity index is 1540. The number of ether oxygens (including phenoxy) is 1. The second kappa shape index (κ2) is 8.76. The molecule has 0 aliphatic carbocycles. The molecule has 2 aliphatic heterocycles. The molecule has 1 saturated heterocycles. The summed E-state index contributed by atoms with van der Waals surface area (Å²) in [6.45, 7) is 3.08. The summed E-state index contributed by atoms with van der Waals surface area (Å²) < 4.78 is 50.4. The molecule has 0 spiro atoms. The predicted molar refractivity (Wildman–Crippen MR) is 129 cm³/mol. The van der Waals surface area contributed by atoms with E-state index in [-0.39, 0.29) is 30.2 Å². The van der Waals surface area contributed by atoms with Crippen LogP contribution < -0.4 is 4.90 Å². The highest BCUT2D eigenvalue weighted by atomic mass is 19.4. The van der Waals surface area contributed by atoms with E-state index in [2.05, 4.69) is 20.2 Å². The lowest BCUT2D eigenvalue weighted by Crippen LogP contribution is -2.49. The molecular formula is C26H24F3N7O2. The number of benzene rings is 1. The molecule has 0 unspecified atom stereocenters. The molecule has 38 heavy (non-hydrogen) atoms. The van der Waals surface area contributed by atoms with Gasteiger partial charge in [-0.2, -0.15) is 13.2 Å². The van der Waals surface area contributed by atoms with Crippen molar-refractivity contribution in [3.8, 4) is 0 Å². The minimum absolute atomic E-state index is 0.0314. The van der Waals surface area contributed by atoms with Gasteiger partial charge >= 0.3 is 6.18 Å². The van der Waals surface area contributed by atoms with E-state index >= 15 is 0 Å². The fourth-order valence-electron chi connectivity index (χ4n) is 5.00. The first kappa shape index (κ1) is 24.3. The predicted octanol–water partition coefficient (Wildman–Crippen LogP) is 3.45. The SMILES string of the molecule is Cc1cncn1Cc1cc(N2Cc3ccc(C4(Cc5nncn5C)COC4)cc3C2=O)nc(C(F)(F)F)c1. The third-order valence-corrected chi connectivity index (χ3v) is 7.30. The number of fused-ring (bicyclic) bond motifs is 1. The molecule has 0 bridgehead atoms. The number of imidazole rings is 1. The van der Waals surface area contributed by atoms with Gasteiger partial charge in [0.2, 0.25) is 0 Å². The number of hydrogen-bond donors (Lipinski definition) is 0. The summed E-state index contributed by atoms with van der Waals surface area (Å²) >= 11 is 0. The molecule has 2 aliphatic rings. The first-order chi connectivity index (χ1) is 18.1. The number of aromatic nitrogens is 6. The van der Waals surface area contributed by atoms with Gasteiger partial charge in [-0.3, -0.25) is 9.69 Å². The van der Waals surface area contributed by atoms with Gasteiger partial charge in [-0.05, 0) is 41.8 Å². The molecule has 0 saturated carbocycles. The molecule has 9 nitrogen and oxygen atoms in total. The summed E-state index contributed by atoms with van der Waals surface area (Å²) in [7, 11) is 1.87. The number of pyridine rings is 1. The van der Waals surface area contributed by atoms with Gasteiger partial charge in [-0.25, -0.2) is 9.97 Å². The van der Waals surface area contributed by atoms with E-state index in [4.69, 9.17) is 4.74 Å². The molecule has 1 fully saturated rings. The second-order valence-corrected chi connectivity index (χ2v) is 9.95. The van der Waals surface area contributed by atoms with Gasteiger partial charge in [0.25, 0.3) is 5.91 Å². The summed E-state index contributed by atoms with van der Waals surface area (Å²) in [5.41, 5.74) is 1.91. The first-order valence-corrected chi connectivity index (χ1v) is 12.0. The highest BCUT2D eigenvalue weighted by molar-refractivity contribution is 6.09. The van der Waals surface area contributed by atoms with Crippen molar-refractivity contribution in [2.45, 2.75) is 38.0 Å². The van der Waals surface area contributed by atoms with Crippen LogP contribution in [-0.4, -0.2) is 48.4 Å². The monoisotopic (exact) mass is 523 g/mol. The Hall–Kier alpha value is -4.06. The summed E-state index contributed by atoms with van der Waals surface area (Å²) in [5, 5.41) is 8.14. The molecule has 1 amide bonds. The third-order valence-electron chi connectivity index (χ3n) is 7.30. The zero-order valence-electron chi connectivity index (χ0n) is 20.7. The molecular weight excluding hydrogens is 499 g/mol. The summed E-state index contributed by atoms with van der Waals surface area (Å²) in [6, 6.07) is 8.21. The Kier molecular flexibility index (Phi) is 5.60. The fraction of sp³-hybridized carbons (Fsp3) is 0.346.